The van der Waals surface area contributed by atoms with Gasteiger partial charge in [-0.3, -0.25) is 4.79 Å². The van der Waals surface area contributed by atoms with Crippen LogP contribution in [0.25, 0.3) is 11.3 Å². The largest absolute Gasteiger partial charge is 0.383 e. The summed E-state index contributed by atoms with van der Waals surface area (Å²) in [5.74, 6) is 1.92. The van der Waals surface area contributed by atoms with E-state index in [9.17, 15) is 10.1 Å². The first-order valence-electron chi connectivity index (χ1n) is 11.5. The molecule has 0 spiro atoms. The van der Waals surface area contributed by atoms with E-state index in [-0.39, 0.29) is 23.2 Å². The monoisotopic (exact) mass is 443 g/mol. The summed E-state index contributed by atoms with van der Waals surface area (Å²) in [5, 5.41) is 18.5. The fourth-order valence-electron chi connectivity index (χ4n) is 5.13. The Balaban J connectivity index is 1.26. The van der Waals surface area contributed by atoms with Gasteiger partial charge in [0.25, 0.3) is 0 Å². The van der Waals surface area contributed by atoms with E-state index in [4.69, 9.17) is 15.4 Å². The number of hydrogen-bond donors (Lipinski definition) is 1. The van der Waals surface area contributed by atoms with Crippen LogP contribution in [0.15, 0.2) is 34.9 Å². The number of anilines is 1. The van der Waals surface area contributed by atoms with Gasteiger partial charge < -0.3 is 10.3 Å². The van der Waals surface area contributed by atoms with Crippen molar-refractivity contribution in [3.05, 3.63) is 52.9 Å². The highest BCUT2D eigenvalue weighted by Gasteiger charge is 2.59. The lowest BCUT2D eigenvalue weighted by atomic mass is 9.50. The van der Waals surface area contributed by atoms with E-state index in [0.717, 1.165) is 48.4 Å². The minimum atomic E-state index is 0.0262. The molecule has 2 aromatic heterocycles. The predicted molar refractivity (Wildman–Crippen MR) is 124 cm³/mol. The third-order valence-corrected chi connectivity index (χ3v) is 6.81. The lowest BCUT2D eigenvalue weighted by molar-refractivity contribution is -0.118. The summed E-state index contributed by atoms with van der Waals surface area (Å²) in [7, 11) is 0. The van der Waals surface area contributed by atoms with Crippen molar-refractivity contribution in [3.63, 3.8) is 0 Å². The van der Waals surface area contributed by atoms with Crippen LogP contribution in [-0.2, 0) is 29.6 Å². The van der Waals surface area contributed by atoms with Gasteiger partial charge in [-0.1, -0.05) is 50.2 Å². The van der Waals surface area contributed by atoms with E-state index in [0.29, 0.717) is 29.3 Å². The second-order valence-corrected chi connectivity index (χ2v) is 10.9. The van der Waals surface area contributed by atoms with Crippen molar-refractivity contribution in [2.75, 3.05) is 5.73 Å². The molecule has 2 bridgehead atoms. The molecule has 3 aromatic rings. The zero-order valence-electron chi connectivity index (χ0n) is 19.4. The minimum Gasteiger partial charge on any atom is -0.383 e. The quantitative estimate of drug-likeness (QED) is 0.578. The Kier molecular flexibility index (Phi) is 4.93. The Bertz CT molecular complexity index is 1240. The molecular weight excluding hydrogens is 414 g/mol. The first-order valence-corrected chi connectivity index (χ1v) is 11.5. The van der Waals surface area contributed by atoms with Crippen LogP contribution in [0.2, 0.25) is 0 Å². The van der Waals surface area contributed by atoms with Gasteiger partial charge in [0, 0.05) is 18.1 Å². The highest BCUT2D eigenvalue weighted by molar-refractivity contribution is 5.83. The van der Waals surface area contributed by atoms with E-state index in [1.54, 1.807) is 0 Å². The summed E-state index contributed by atoms with van der Waals surface area (Å²) in [5.41, 5.74) is 10.1. The maximum Gasteiger partial charge on any atom is 0.144 e. The predicted octanol–water partition coefficient (Wildman–Crippen LogP) is 4.44. The van der Waals surface area contributed by atoms with Gasteiger partial charge >= 0.3 is 0 Å². The molecule has 3 aliphatic carbocycles. The van der Waals surface area contributed by atoms with Gasteiger partial charge in [-0.2, -0.15) is 10.4 Å². The number of nitriles is 1. The average molecular weight is 444 g/mol. The van der Waals surface area contributed by atoms with E-state index >= 15 is 0 Å². The fourth-order valence-corrected chi connectivity index (χ4v) is 5.13. The van der Waals surface area contributed by atoms with Gasteiger partial charge in [0.1, 0.15) is 34.7 Å². The van der Waals surface area contributed by atoms with Crippen LogP contribution in [0.3, 0.4) is 0 Å². The van der Waals surface area contributed by atoms with Gasteiger partial charge in [-0.05, 0) is 42.6 Å². The zero-order chi connectivity index (χ0) is 23.4. The van der Waals surface area contributed by atoms with Gasteiger partial charge in [0.05, 0.1) is 17.7 Å². The molecule has 0 amide bonds. The van der Waals surface area contributed by atoms with Crippen molar-refractivity contribution in [1.29, 1.82) is 5.26 Å². The highest BCUT2D eigenvalue weighted by atomic mass is 16.5. The number of ketones is 1. The van der Waals surface area contributed by atoms with Crippen LogP contribution < -0.4 is 5.73 Å². The maximum atomic E-state index is 12.6. The summed E-state index contributed by atoms with van der Waals surface area (Å²) >= 11 is 0. The maximum absolute atomic E-state index is 12.6. The van der Waals surface area contributed by atoms with Crippen LogP contribution in [0.4, 0.5) is 5.82 Å². The number of aromatic nitrogens is 3. The molecule has 0 aliphatic heterocycles. The molecule has 2 heterocycles. The summed E-state index contributed by atoms with van der Waals surface area (Å²) < 4.78 is 7.23. The molecule has 0 unspecified atom stereocenters. The number of rotatable bonds is 7. The summed E-state index contributed by atoms with van der Waals surface area (Å²) in [4.78, 5) is 12.6. The summed E-state index contributed by atoms with van der Waals surface area (Å²) in [6.45, 7) is 6.43. The molecule has 170 valence electrons. The molecule has 6 rings (SSSR count). The summed E-state index contributed by atoms with van der Waals surface area (Å²) in [6.07, 6.45) is 4.65. The smallest absolute Gasteiger partial charge is 0.144 e. The second kappa shape index (κ2) is 7.58. The van der Waals surface area contributed by atoms with Crippen LogP contribution >= 0.6 is 0 Å². The molecule has 1 aromatic carbocycles. The van der Waals surface area contributed by atoms with Crippen LogP contribution in [0, 0.1) is 22.7 Å². The Morgan fingerprint density at radius 3 is 2.52 bits per heavy atom. The SMILES string of the molecule is CC(C)(C)Cc1cc(CC(=O)Cc2ccc(-c3nn(C45CC(C4)C5)c(N)c3C#N)cc2)on1. The van der Waals surface area contributed by atoms with Crippen molar-refractivity contribution >= 4 is 11.6 Å². The van der Waals surface area contributed by atoms with Crippen molar-refractivity contribution < 1.29 is 9.32 Å². The Labute approximate surface area is 193 Å². The first-order chi connectivity index (χ1) is 15.7. The van der Waals surface area contributed by atoms with Crippen LogP contribution in [0.5, 0.6) is 0 Å². The number of Topliss-reactive ketones (excluding diaryl/α,β-unsaturated/α-hetero) is 1. The number of benzene rings is 1. The molecule has 3 aliphatic rings. The van der Waals surface area contributed by atoms with E-state index in [2.05, 4.69) is 32.0 Å². The number of nitrogens with two attached hydrogens (primary N) is 1. The first kappa shape index (κ1) is 21.4. The van der Waals surface area contributed by atoms with E-state index in [1.165, 1.54) is 0 Å². The average Bonchev–Trinajstić information content (AvgIpc) is 3.22. The molecule has 0 saturated heterocycles. The van der Waals surface area contributed by atoms with E-state index < -0.39 is 0 Å². The lowest BCUT2D eigenvalue weighted by Crippen LogP contribution is -2.59. The van der Waals surface area contributed by atoms with Crippen LogP contribution in [0.1, 0.15) is 62.6 Å². The molecule has 0 atom stereocenters. The number of nitrogen functional groups attached to an aromatic ring is 1. The third-order valence-electron chi connectivity index (χ3n) is 6.81. The van der Waals surface area contributed by atoms with Crippen LogP contribution in [-0.4, -0.2) is 20.7 Å². The van der Waals surface area contributed by atoms with Crippen molar-refractivity contribution in [3.8, 4) is 17.3 Å². The van der Waals surface area contributed by atoms with Gasteiger partial charge in [-0.15, -0.1) is 0 Å². The lowest BCUT2D eigenvalue weighted by Gasteiger charge is -2.61. The Hall–Kier alpha value is -3.40. The Morgan fingerprint density at radius 1 is 1.24 bits per heavy atom. The highest BCUT2D eigenvalue weighted by Crippen LogP contribution is 2.63. The fraction of sp³-hybridized carbons (Fsp3) is 0.462. The molecule has 2 N–H and O–H groups in total. The zero-order valence-corrected chi connectivity index (χ0v) is 19.4. The molecule has 0 radical (unpaired) electrons. The molecule has 7 nitrogen and oxygen atoms in total. The standard InChI is InChI=1S/C26H29N5O2/c1-25(2,3)14-19-9-21(33-30-19)10-20(32)8-16-4-6-18(7-5-16)23-22(15-27)24(28)31(29-23)26-11-17(12-26)13-26/h4-7,9,17H,8,10-14,28H2,1-3H3. The van der Waals surface area contributed by atoms with Gasteiger partial charge in [-0.25, -0.2) is 4.68 Å². The van der Waals surface area contributed by atoms with Crippen molar-refractivity contribution in [1.82, 2.24) is 14.9 Å². The topological polar surface area (TPSA) is 111 Å². The number of carbonyl (C=O) groups excluding carboxylic acids is 1. The molecule has 3 saturated carbocycles. The second-order valence-electron chi connectivity index (χ2n) is 10.9. The molecular formula is C26H29N5O2. The van der Waals surface area contributed by atoms with E-state index in [1.807, 2.05) is 35.0 Å². The van der Waals surface area contributed by atoms with Gasteiger partial charge in [0.15, 0.2) is 0 Å². The molecule has 3 fully saturated rings. The normalized spacial score (nSPS) is 21.2. The molecule has 33 heavy (non-hydrogen) atoms. The Morgan fingerprint density at radius 2 is 1.94 bits per heavy atom. The number of carbonyl (C=O) groups is 1. The summed E-state index contributed by atoms with van der Waals surface area (Å²) in [6, 6.07) is 11.8. The number of nitrogens with zero attached hydrogens (tertiary/aromatic N) is 4. The van der Waals surface area contributed by atoms with Gasteiger partial charge in [0.2, 0.25) is 0 Å². The number of hydrogen-bond acceptors (Lipinski definition) is 6. The van der Waals surface area contributed by atoms with Crippen molar-refractivity contribution in [2.45, 2.75) is 64.8 Å². The minimum absolute atomic E-state index is 0.0262. The molecule has 7 heteroatoms. The third kappa shape index (κ3) is 3.95. The van der Waals surface area contributed by atoms with Crippen molar-refractivity contribution in [2.24, 2.45) is 11.3 Å².